The van der Waals surface area contributed by atoms with Gasteiger partial charge in [-0.15, -0.1) is 0 Å². The van der Waals surface area contributed by atoms with Crippen molar-refractivity contribution in [2.75, 3.05) is 17.7 Å². The van der Waals surface area contributed by atoms with E-state index < -0.39 is 11.8 Å². The maximum absolute atomic E-state index is 11.9. The molecule has 5 nitrogen and oxygen atoms in total. The summed E-state index contributed by atoms with van der Waals surface area (Å²) in [6, 6.07) is 13.5. The Labute approximate surface area is 126 Å². The number of ether oxygens (including phenoxy) is 1. The number of benzene rings is 2. The van der Waals surface area contributed by atoms with Crippen molar-refractivity contribution in [1.82, 2.24) is 0 Å². The van der Waals surface area contributed by atoms with Gasteiger partial charge in [-0.1, -0.05) is 35.9 Å². The summed E-state index contributed by atoms with van der Waals surface area (Å²) >= 11 is 5.91. The van der Waals surface area contributed by atoms with Crippen molar-refractivity contribution in [3.05, 3.63) is 53.6 Å². The van der Waals surface area contributed by atoms with Gasteiger partial charge in [0.2, 0.25) is 0 Å². The van der Waals surface area contributed by atoms with E-state index in [1.54, 1.807) is 48.5 Å². The molecule has 21 heavy (non-hydrogen) atoms. The van der Waals surface area contributed by atoms with Gasteiger partial charge in [-0.2, -0.15) is 0 Å². The van der Waals surface area contributed by atoms with Crippen LogP contribution in [-0.4, -0.2) is 18.9 Å². The van der Waals surface area contributed by atoms with Gasteiger partial charge in [0.05, 0.1) is 23.5 Å². The predicted molar refractivity (Wildman–Crippen MR) is 81.7 cm³/mol. The van der Waals surface area contributed by atoms with Gasteiger partial charge in [0.1, 0.15) is 5.75 Å². The third-order valence-corrected chi connectivity index (χ3v) is 3.01. The first-order valence-electron chi connectivity index (χ1n) is 6.11. The molecule has 0 aliphatic carbocycles. The van der Waals surface area contributed by atoms with Crippen molar-refractivity contribution < 1.29 is 14.3 Å². The summed E-state index contributed by atoms with van der Waals surface area (Å²) in [6.07, 6.45) is 0. The minimum atomic E-state index is -0.811. The molecule has 2 amide bonds. The molecule has 0 bridgehead atoms. The van der Waals surface area contributed by atoms with Gasteiger partial charge >= 0.3 is 11.8 Å². The number of nitrogens with one attached hydrogen (secondary N) is 2. The number of halogens is 1. The molecule has 0 aliphatic heterocycles. The highest BCUT2D eigenvalue weighted by Crippen LogP contribution is 2.23. The van der Waals surface area contributed by atoms with Gasteiger partial charge < -0.3 is 15.4 Å². The second-order valence-corrected chi connectivity index (χ2v) is 4.50. The lowest BCUT2D eigenvalue weighted by molar-refractivity contribution is -0.133. The Kier molecular flexibility index (Phi) is 4.79. The van der Waals surface area contributed by atoms with E-state index >= 15 is 0 Å². The first-order chi connectivity index (χ1) is 10.1. The van der Waals surface area contributed by atoms with E-state index in [1.165, 1.54) is 7.11 Å². The summed E-state index contributed by atoms with van der Waals surface area (Å²) in [5, 5.41) is 5.28. The van der Waals surface area contributed by atoms with Crippen molar-refractivity contribution in [2.45, 2.75) is 0 Å². The van der Waals surface area contributed by atoms with Crippen molar-refractivity contribution in [1.29, 1.82) is 0 Å². The first kappa shape index (κ1) is 14.9. The number of rotatable bonds is 3. The molecule has 0 aliphatic rings. The van der Waals surface area contributed by atoms with Crippen LogP contribution in [0.15, 0.2) is 48.5 Å². The molecule has 0 saturated heterocycles. The van der Waals surface area contributed by atoms with Crippen LogP contribution in [0, 0.1) is 0 Å². The molecule has 108 valence electrons. The lowest BCUT2D eigenvalue weighted by Gasteiger charge is -2.10. The zero-order valence-corrected chi connectivity index (χ0v) is 12.0. The Bertz CT molecular complexity index is 673. The SMILES string of the molecule is COc1ccccc1NC(=O)C(=O)Nc1ccccc1Cl. The molecule has 0 radical (unpaired) electrons. The fourth-order valence-electron chi connectivity index (χ4n) is 1.67. The van der Waals surface area contributed by atoms with E-state index in [4.69, 9.17) is 16.3 Å². The smallest absolute Gasteiger partial charge is 0.314 e. The molecule has 2 N–H and O–H groups in total. The van der Waals surface area contributed by atoms with E-state index in [9.17, 15) is 9.59 Å². The van der Waals surface area contributed by atoms with Crippen molar-refractivity contribution in [2.24, 2.45) is 0 Å². The average Bonchev–Trinajstić information content (AvgIpc) is 2.50. The van der Waals surface area contributed by atoms with Crippen LogP contribution in [0.1, 0.15) is 0 Å². The lowest BCUT2D eigenvalue weighted by Crippen LogP contribution is -2.29. The van der Waals surface area contributed by atoms with E-state index in [1.807, 2.05) is 0 Å². The Hall–Kier alpha value is -2.53. The van der Waals surface area contributed by atoms with Crippen LogP contribution in [-0.2, 0) is 9.59 Å². The summed E-state index contributed by atoms with van der Waals surface area (Å²) in [5.74, 6) is -1.15. The normalized spacial score (nSPS) is 9.81. The number of amides is 2. The molecule has 0 aromatic heterocycles. The summed E-state index contributed by atoms with van der Waals surface area (Å²) in [7, 11) is 1.48. The highest BCUT2D eigenvalue weighted by Gasteiger charge is 2.16. The molecule has 0 spiro atoms. The molecule has 2 aromatic carbocycles. The Balaban J connectivity index is 2.07. The van der Waals surface area contributed by atoms with Gasteiger partial charge in [0, 0.05) is 0 Å². The molecule has 0 saturated carbocycles. The fraction of sp³-hybridized carbons (Fsp3) is 0.0667. The maximum Gasteiger partial charge on any atom is 0.314 e. The van der Waals surface area contributed by atoms with Gasteiger partial charge in [-0.3, -0.25) is 9.59 Å². The lowest BCUT2D eigenvalue weighted by atomic mass is 10.3. The van der Waals surface area contributed by atoms with E-state index in [0.717, 1.165) is 0 Å². The zero-order chi connectivity index (χ0) is 15.2. The number of para-hydroxylation sites is 3. The summed E-state index contributed by atoms with van der Waals surface area (Å²) in [5.41, 5.74) is 0.790. The van der Waals surface area contributed by atoms with Crippen LogP contribution < -0.4 is 15.4 Å². The molecule has 2 aromatic rings. The average molecular weight is 305 g/mol. The van der Waals surface area contributed by atoms with Crippen LogP contribution >= 0.6 is 11.6 Å². The molecule has 0 heterocycles. The summed E-state index contributed by atoms with van der Waals surface area (Å²) < 4.78 is 5.10. The van der Waals surface area contributed by atoms with Crippen LogP contribution in [0.4, 0.5) is 11.4 Å². The van der Waals surface area contributed by atoms with E-state index in [2.05, 4.69) is 10.6 Å². The van der Waals surface area contributed by atoms with Crippen molar-refractivity contribution >= 4 is 34.8 Å². The third kappa shape index (κ3) is 3.73. The molecular formula is C15H13ClN2O3. The Morgan fingerprint density at radius 1 is 0.905 bits per heavy atom. The molecule has 6 heteroatoms. The second-order valence-electron chi connectivity index (χ2n) is 4.09. The quantitative estimate of drug-likeness (QED) is 0.857. The monoisotopic (exact) mass is 304 g/mol. The van der Waals surface area contributed by atoms with E-state index in [-0.39, 0.29) is 0 Å². The number of hydrogen-bond donors (Lipinski definition) is 2. The third-order valence-electron chi connectivity index (χ3n) is 2.68. The predicted octanol–water partition coefficient (Wildman–Crippen LogP) is 2.93. The Morgan fingerprint density at radius 3 is 2.05 bits per heavy atom. The van der Waals surface area contributed by atoms with Crippen molar-refractivity contribution in [3.8, 4) is 5.75 Å². The van der Waals surface area contributed by atoms with Crippen LogP contribution in [0.25, 0.3) is 0 Å². The number of hydrogen-bond acceptors (Lipinski definition) is 3. The topological polar surface area (TPSA) is 67.4 Å². The minimum absolute atomic E-state index is 0.357. The molecule has 2 rings (SSSR count). The molecule has 0 fully saturated rings. The minimum Gasteiger partial charge on any atom is -0.495 e. The van der Waals surface area contributed by atoms with Crippen LogP contribution in [0.2, 0.25) is 5.02 Å². The number of methoxy groups -OCH3 is 1. The van der Waals surface area contributed by atoms with E-state index in [0.29, 0.717) is 22.1 Å². The molecule has 0 atom stereocenters. The maximum atomic E-state index is 11.9. The number of carbonyl (C=O) groups is 2. The number of anilines is 2. The highest BCUT2D eigenvalue weighted by atomic mass is 35.5. The van der Waals surface area contributed by atoms with Gasteiger partial charge in [0.25, 0.3) is 0 Å². The standard InChI is InChI=1S/C15H13ClN2O3/c1-21-13-9-5-4-8-12(13)18-15(20)14(19)17-11-7-3-2-6-10(11)16/h2-9H,1H3,(H,17,19)(H,18,20). The van der Waals surface area contributed by atoms with Gasteiger partial charge in [-0.05, 0) is 24.3 Å². The van der Waals surface area contributed by atoms with Gasteiger partial charge in [0.15, 0.2) is 0 Å². The largest absolute Gasteiger partial charge is 0.495 e. The zero-order valence-electron chi connectivity index (χ0n) is 11.2. The Morgan fingerprint density at radius 2 is 1.43 bits per heavy atom. The van der Waals surface area contributed by atoms with Crippen LogP contribution in [0.3, 0.4) is 0 Å². The van der Waals surface area contributed by atoms with Gasteiger partial charge in [-0.25, -0.2) is 0 Å². The number of carbonyl (C=O) groups excluding carboxylic acids is 2. The fourth-order valence-corrected chi connectivity index (χ4v) is 1.85. The summed E-state index contributed by atoms with van der Waals surface area (Å²) in [4.78, 5) is 23.7. The molecular weight excluding hydrogens is 292 g/mol. The van der Waals surface area contributed by atoms with Crippen molar-refractivity contribution in [3.63, 3.8) is 0 Å². The summed E-state index contributed by atoms with van der Waals surface area (Å²) in [6.45, 7) is 0. The highest BCUT2D eigenvalue weighted by molar-refractivity contribution is 6.44. The first-order valence-corrected chi connectivity index (χ1v) is 6.49. The van der Waals surface area contributed by atoms with Crippen LogP contribution in [0.5, 0.6) is 5.75 Å². The molecule has 0 unspecified atom stereocenters. The second kappa shape index (κ2) is 6.76.